The lowest BCUT2D eigenvalue weighted by atomic mass is 10.2. The topological polar surface area (TPSA) is 66.3 Å². The number of hydrogen-bond donors (Lipinski definition) is 1. The van der Waals surface area contributed by atoms with Crippen LogP contribution in [-0.2, 0) is 0 Å². The number of benzene rings is 1. The van der Waals surface area contributed by atoms with Crippen LogP contribution >= 0.6 is 0 Å². The van der Waals surface area contributed by atoms with Gasteiger partial charge < -0.3 is 10.0 Å². The highest BCUT2D eigenvalue weighted by Gasteiger charge is 2.29. The van der Waals surface area contributed by atoms with Crippen LogP contribution in [0, 0.1) is 0 Å². The Hall–Kier alpha value is -2.01. The molecule has 1 fully saturated rings. The van der Waals surface area contributed by atoms with E-state index < -0.39 is 0 Å². The van der Waals surface area contributed by atoms with E-state index in [0.29, 0.717) is 17.8 Å². The average molecular weight is 257 g/mol. The second-order valence-corrected chi connectivity index (χ2v) is 4.72. The van der Waals surface area contributed by atoms with E-state index in [1.165, 1.54) is 6.20 Å². The lowest BCUT2D eigenvalue weighted by molar-refractivity contribution is 0.0671. The van der Waals surface area contributed by atoms with Crippen LogP contribution in [-0.4, -0.2) is 45.1 Å². The van der Waals surface area contributed by atoms with Crippen LogP contribution in [0.3, 0.4) is 0 Å². The number of likely N-dealkylation sites (tertiary alicyclic amines) is 1. The van der Waals surface area contributed by atoms with Crippen molar-refractivity contribution in [2.24, 2.45) is 0 Å². The summed E-state index contributed by atoms with van der Waals surface area (Å²) in [5, 5.41) is 9.27. The summed E-state index contributed by atoms with van der Waals surface area (Å²) < 4.78 is 0. The fourth-order valence-electron chi connectivity index (χ4n) is 2.50. The molecule has 2 aromatic rings. The van der Waals surface area contributed by atoms with Gasteiger partial charge in [0.05, 0.1) is 29.9 Å². The minimum atomic E-state index is -0.144. The van der Waals surface area contributed by atoms with E-state index in [0.717, 1.165) is 18.4 Å². The van der Waals surface area contributed by atoms with Gasteiger partial charge in [-0.05, 0) is 25.0 Å². The van der Waals surface area contributed by atoms with E-state index in [1.807, 2.05) is 24.3 Å². The highest BCUT2D eigenvalue weighted by atomic mass is 16.3. The molecule has 1 N–H and O–H groups in total. The smallest absolute Gasteiger partial charge is 0.274 e. The first-order valence-corrected chi connectivity index (χ1v) is 6.43. The molecule has 98 valence electrons. The average Bonchev–Trinajstić information content (AvgIpc) is 2.94. The molecule has 19 heavy (non-hydrogen) atoms. The highest BCUT2D eigenvalue weighted by molar-refractivity contribution is 5.94. The van der Waals surface area contributed by atoms with E-state index in [-0.39, 0.29) is 18.6 Å². The monoisotopic (exact) mass is 257 g/mol. The molecule has 2 heterocycles. The van der Waals surface area contributed by atoms with Crippen molar-refractivity contribution in [3.63, 3.8) is 0 Å². The van der Waals surface area contributed by atoms with Crippen molar-refractivity contribution < 1.29 is 9.90 Å². The first-order chi connectivity index (χ1) is 9.29. The summed E-state index contributed by atoms with van der Waals surface area (Å²) in [4.78, 5) is 22.7. The number of rotatable bonds is 2. The number of aromatic nitrogens is 2. The Bertz CT molecular complexity index is 614. The van der Waals surface area contributed by atoms with Crippen molar-refractivity contribution in [2.45, 2.75) is 18.9 Å². The molecule has 1 aliphatic heterocycles. The molecule has 0 bridgehead atoms. The Morgan fingerprint density at radius 1 is 1.37 bits per heavy atom. The molecule has 1 saturated heterocycles. The maximum atomic E-state index is 12.4. The van der Waals surface area contributed by atoms with Gasteiger partial charge in [0.2, 0.25) is 0 Å². The van der Waals surface area contributed by atoms with E-state index in [2.05, 4.69) is 9.97 Å². The number of carbonyl (C=O) groups excluding carboxylic acids is 1. The number of para-hydroxylation sites is 2. The van der Waals surface area contributed by atoms with Gasteiger partial charge in [0.15, 0.2) is 0 Å². The Labute approximate surface area is 110 Å². The maximum absolute atomic E-state index is 12.4. The molecule has 1 aromatic heterocycles. The van der Waals surface area contributed by atoms with Gasteiger partial charge >= 0.3 is 0 Å². The van der Waals surface area contributed by atoms with Gasteiger partial charge in [-0.1, -0.05) is 12.1 Å². The van der Waals surface area contributed by atoms with Crippen molar-refractivity contribution in [2.75, 3.05) is 13.2 Å². The summed E-state index contributed by atoms with van der Waals surface area (Å²) in [7, 11) is 0. The number of hydrogen-bond acceptors (Lipinski definition) is 4. The van der Waals surface area contributed by atoms with E-state index >= 15 is 0 Å². The Morgan fingerprint density at radius 3 is 2.95 bits per heavy atom. The molecular formula is C14H15N3O2. The molecule has 1 amide bonds. The second-order valence-electron chi connectivity index (χ2n) is 4.72. The molecule has 5 heteroatoms. The third kappa shape index (κ3) is 2.17. The SMILES string of the molecule is O=C(c1cnc2ccccc2n1)N1CCCC1CO. The standard InChI is InChI=1S/C14H15N3O2/c18-9-10-4-3-7-17(10)14(19)13-8-15-11-5-1-2-6-12(11)16-13/h1-2,5-6,8,10,18H,3-4,7,9H2. The Kier molecular flexibility index (Phi) is 3.13. The van der Waals surface area contributed by atoms with Crippen LogP contribution in [0.4, 0.5) is 0 Å². The van der Waals surface area contributed by atoms with Crippen LogP contribution in [0.1, 0.15) is 23.3 Å². The van der Waals surface area contributed by atoms with Crippen LogP contribution in [0.2, 0.25) is 0 Å². The summed E-state index contributed by atoms with van der Waals surface area (Å²) >= 11 is 0. The van der Waals surface area contributed by atoms with Gasteiger partial charge in [-0.2, -0.15) is 0 Å². The van der Waals surface area contributed by atoms with Crippen LogP contribution in [0.25, 0.3) is 11.0 Å². The summed E-state index contributed by atoms with van der Waals surface area (Å²) in [6.07, 6.45) is 3.29. The fraction of sp³-hybridized carbons (Fsp3) is 0.357. The maximum Gasteiger partial charge on any atom is 0.274 e. The first kappa shape index (κ1) is 12.0. The molecule has 0 aliphatic carbocycles. The number of aliphatic hydroxyl groups excluding tert-OH is 1. The predicted molar refractivity (Wildman–Crippen MR) is 70.7 cm³/mol. The first-order valence-electron chi connectivity index (χ1n) is 6.43. The lowest BCUT2D eigenvalue weighted by Gasteiger charge is -2.22. The minimum Gasteiger partial charge on any atom is -0.394 e. The quantitative estimate of drug-likeness (QED) is 0.878. The Morgan fingerprint density at radius 2 is 2.16 bits per heavy atom. The third-order valence-corrected chi connectivity index (χ3v) is 3.52. The normalized spacial score (nSPS) is 19.0. The van der Waals surface area contributed by atoms with Crippen molar-refractivity contribution in [3.05, 3.63) is 36.2 Å². The van der Waals surface area contributed by atoms with Crippen LogP contribution in [0.5, 0.6) is 0 Å². The molecule has 5 nitrogen and oxygen atoms in total. The van der Waals surface area contributed by atoms with Crippen LogP contribution in [0.15, 0.2) is 30.5 Å². The summed E-state index contributed by atoms with van der Waals surface area (Å²) in [5.41, 5.74) is 1.84. The van der Waals surface area contributed by atoms with Crippen LogP contribution < -0.4 is 0 Å². The fourth-order valence-corrected chi connectivity index (χ4v) is 2.50. The van der Waals surface area contributed by atoms with Crippen molar-refractivity contribution >= 4 is 16.9 Å². The van der Waals surface area contributed by atoms with Gasteiger partial charge in [-0.3, -0.25) is 9.78 Å². The largest absolute Gasteiger partial charge is 0.394 e. The highest BCUT2D eigenvalue weighted by Crippen LogP contribution is 2.19. The third-order valence-electron chi connectivity index (χ3n) is 3.52. The minimum absolute atomic E-state index is 0.00670. The number of aliphatic hydroxyl groups is 1. The number of amides is 1. The predicted octanol–water partition coefficient (Wildman–Crippen LogP) is 1.23. The van der Waals surface area contributed by atoms with Crippen molar-refractivity contribution in [1.82, 2.24) is 14.9 Å². The number of carbonyl (C=O) groups is 1. The second kappa shape index (κ2) is 4.93. The van der Waals surface area contributed by atoms with Gasteiger partial charge in [0.1, 0.15) is 5.69 Å². The summed E-state index contributed by atoms with van der Waals surface area (Å²) in [6, 6.07) is 7.38. The Balaban J connectivity index is 1.93. The van der Waals surface area contributed by atoms with E-state index in [1.54, 1.807) is 4.90 Å². The summed E-state index contributed by atoms with van der Waals surface area (Å²) in [6.45, 7) is 0.686. The number of fused-ring (bicyclic) bond motifs is 1. The molecule has 1 unspecified atom stereocenters. The van der Waals surface area contributed by atoms with Crippen molar-refractivity contribution in [1.29, 1.82) is 0 Å². The summed E-state index contributed by atoms with van der Waals surface area (Å²) in [5.74, 6) is -0.144. The van der Waals surface area contributed by atoms with Gasteiger partial charge in [-0.25, -0.2) is 4.98 Å². The number of nitrogens with zero attached hydrogens (tertiary/aromatic N) is 3. The van der Waals surface area contributed by atoms with Gasteiger partial charge in [-0.15, -0.1) is 0 Å². The molecular weight excluding hydrogens is 242 g/mol. The molecule has 0 radical (unpaired) electrons. The molecule has 3 rings (SSSR count). The molecule has 0 spiro atoms. The molecule has 1 atom stereocenters. The van der Waals surface area contributed by atoms with Crippen molar-refractivity contribution in [3.8, 4) is 0 Å². The zero-order valence-electron chi connectivity index (χ0n) is 10.5. The van der Waals surface area contributed by atoms with Gasteiger partial charge in [0.25, 0.3) is 5.91 Å². The molecule has 1 aromatic carbocycles. The zero-order chi connectivity index (χ0) is 13.2. The van der Waals surface area contributed by atoms with Gasteiger partial charge in [0, 0.05) is 6.54 Å². The lowest BCUT2D eigenvalue weighted by Crippen LogP contribution is -2.38. The zero-order valence-corrected chi connectivity index (χ0v) is 10.5. The van der Waals surface area contributed by atoms with E-state index in [9.17, 15) is 9.90 Å². The molecule has 1 aliphatic rings. The molecule has 0 saturated carbocycles. The van der Waals surface area contributed by atoms with E-state index in [4.69, 9.17) is 0 Å².